The predicted octanol–water partition coefficient (Wildman–Crippen LogP) is 2.73. The number of hydrogen-bond acceptors (Lipinski definition) is 4. The Kier molecular flexibility index (Phi) is 5.11. The minimum atomic E-state index is -0.313. The van der Waals surface area contributed by atoms with Gasteiger partial charge in [0.25, 0.3) is 5.91 Å². The van der Waals surface area contributed by atoms with Gasteiger partial charge in [-0.15, -0.1) is 11.3 Å². The van der Waals surface area contributed by atoms with Crippen LogP contribution < -0.4 is 10.2 Å². The Morgan fingerprint density at radius 1 is 1.33 bits per heavy atom. The summed E-state index contributed by atoms with van der Waals surface area (Å²) in [6, 6.07) is 5.92. The SMILES string of the molecule is Cc1csc(N2CCC(NC(=O)C#Cc3ccc(F)cc3)CC2)n1. The van der Waals surface area contributed by atoms with Gasteiger partial charge in [0.1, 0.15) is 5.82 Å². The highest BCUT2D eigenvalue weighted by atomic mass is 32.1. The Labute approximate surface area is 144 Å². The monoisotopic (exact) mass is 343 g/mol. The lowest BCUT2D eigenvalue weighted by Crippen LogP contribution is -2.44. The highest BCUT2D eigenvalue weighted by Crippen LogP contribution is 2.23. The molecule has 1 aliphatic rings. The molecular weight excluding hydrogens is 325 g/mol. The molecule has 1 aliphatic heterocycles. The summed E-state index contributed by atoms with van der Waals surface area (Å²) in [6.45, 7) is 3.75. The van der Waals surface area contributed by atoms with Gasteiger partial charge in [0.15, 0.2) is 5.13 Å². The molecule has 1 N–H and O–H groups in total. The maximum absolute atomic E-state index is 12.8. The maximum atomic E-state index is 12.8. The number of amides is 1. The first kappa shape index (κ1) is 16.5. The fourth-order valence-corrected chi connectivity index (χ4v) is 3.44. The molecule has 1 amide bonds. The number of carbonyl (C=O) groups is 1. The number of aryl methyl sites for hydroxylation is 1. The second kappa shape index (κ2) is 7.45. The third kappa shape index (κ3) is 4.33. The van der Waals surface area contributed by atoms with E-state index < -0.39 is 0 Å². The van der Waals surface area contributed by atoms with E-state index in [1.165, 1.54) is 12.1 Å². The summed E-state index contributed by atoms with van der Waals surface area (Å²) in [7, 11) is 0. The Morgan fingerprint density at radius 3 is 2.67 bits per heavy atom. The van der Waals surface area contributed by atoms with E-state index in [0.717, 1.165) is 36.8 Å². The highest BCUT2D eigenvalue weighted by Gasteiger charge is 2.21. The van der Waals surface area contributed by atoms with Gasteiger partial charge in [-0.3, -0.25) is 4.79 Å². The molecule has 3 rings (SSSR count). The molecule has 0 aliphatic carbocycles. The summed E-state index contributed by atoms with van der Waals surface area (Å²) < 4.78 is 12.8. The molecule has 0 bridgehead atoms. The van der Waals surface area contributed by atoms with E-state index in [0.29, 0.717) is 5.56 Å². The van der Waals surface area contributed by atoms with Gasteiger partial charge in [0.2, 0.25) is 0 Å². The molecule has 24 heavy (non-hydrogen) atoms. The summed E-state index contributed by atoms with van der Waals surface area (Å²) in [4.78, 5) is 18.7. The van der Waals surface area contributed by atoms with Crippen LogP contribution in [0.3, 0.4) is 0 Å². The van der Waals surface area contributed by atoms with Gasteiger partial charge < -0.3 is 10.2 Å². The number of thiazole rings is 1. The standard InChI is InChI=1S/C18H18FN3OS/c1-13-12-24-18(20-13)22-10-8-16(9-11-22)21-17(23)7-4-14-2-5-15(19)6-3-14/h2-3,5-6,12,16H,8-11H2,1H3,(H,21,23). The Hall–Kier alpha value is -2.39. The van der Waals surface area contributed by atoms with Gasteiger partial charge in [-0.1, -0.05) is 5.92 Å². The number of piperidine rings is 1. The lowest BCUT2D eigenvalue weighted by Gasteiger charge is -2.31. The number of rotatable bonds is 2. The summed E-state index contributed by atoms with van der Waals surface area (Å²) in [5, 5.41) is 6.05. The zero-order valence-corrected chi connectivity index (χ0v) is 14.2. The van der Waals surface area contributed by atoms with Gasteiger partial charge in [0.05, 0.1) is 5.69 Å². The number of carbonyl (C=O) groups excluding carboxylic acids is 1. The molecule has 124 valence electrons. The van der Waals surface area contributed by atoms with Crippen molar-refractivity contribution in [2.24, 2.45) is 0 Å². The second-order valence-electron chi connectivity index (χ2n) is 5.76. The number of benzene rings is 1. The number of aromatic nitrogens is 1. The summed E-state index contributed by atoms with van der Waals surface area (Å²) >= 11 is 1.66. The number of halogens is 1. The van der Waals surface area contributed by atoms with Crippen molar-refractivity contribution in [1.29, 1.82) is 0 Å². The van der Waals surface area contributed by atoms with Crippen molar-refractivity contribution < 1.29 is 9.18 Å². The van der Waals surface area contributed by atoms with Gasteiger partial charge >= 0.3 is 0 Å². The van der Waals surface area contributed by atoms with Crippen LogP contribution in [0, 0.1) is 24.6 Å². The van der Waals surface area contributed by atoms with Crippen LogP contribution in [-0.4, -0.2) is 30.0 Å². The summed E-state index contributed by atoms with van der Waals surface area (Å²) in [6.07, 6.45) is 1.76. The topological polar surface area (TPSA) is 45.2 Å². The minimum absolute atomic E-state index is 0.136. The summed E-state index contributed by atoms with van der Waals surface area (Å²) in [5.41, 5.74) is 1.67. The van der Waals surface area contributed by atoms with E-state index in [9.17, 15) is 9.18 Å². The van der Waals surface area contributed by atoms with E-state index in [-0.39, 0.29) is 17.8 Å². The van der Waals surface area contributed by atoms with E-state index in [2.05, 4.69) is 27.0 Å². The minimum Gasteiger partial charge on any atom is -0.348 e. The molecule has 1 saturated heterocycles. The van der Waals surface area contributed by atoms with Gasteiger partial charge in [-0.05, 0) is 44.0 Å². The first-order valence-electron chi connectivity index (χ1n) is 7.85. The van der Waals surface area contributed by atoms with Crippen LogP contribution in [-0.2, 0) is 4.79 Å². The zero-order valence-electron chi connectivity index (χ0n) is 13.4. The van der Waals surface area contributed by atoms with Crippen molar-refractivity contribution in [2.75, 3.05) is 18.0 Å². The van der Waals surface area contributed by atoms with Gasteiger partial charge in [0, 0.05) is 36.0 Å². The van der Waals surface area contributed by atoms with E-state index in [1.54, 1.807) is 23.5 Å². The zero-order chi connectivity index (χ0) is 16.9. The Bertz CT molecular complexity index is 768. The highest BCUT2D eigenvalue weighted by molar-refractivity contribution is 7.13. The van der Waals surface area contributed by atoms with Crippen molar-refractivity contribution in [3.05, 3.63) is 46.7 Å². The molecule has 1 fully saturated rings. The number of anilines is 1. The predicted molar refractivity (Wildman–Crippen MR) is 93.5 cm³/mol. The number of nitrogens with one attached hydrogen (secondary N) is 1. The molecule has 2 aromatic rings. The quantitative estimate of drug-likeness (QED) is 0.853. The molecule has 0 radical (unpaired) electrons. The van der Waals surface area contributed by atoms with Crippen LogP contribution >= 0.6 is 11.3 Å². The molecular formula is C18H18FN3OS. The molecule has 4 nitrogen and oxygen atoms in total. The first-order chi connectivity index (χ1) is 11.6. The largest absolute Gasteiger partial charge is 0.348 e. The van der Waals surface area contributed by atoms with Crippen LogP contribution in [0.4, 0.5) is 9.52 Å². The molecule has 0 atom stereocenters. The maximum Gasteiger partial charge on any atom is 0.296 e. The van der Waals surface area contributed by atoms with Crippen molar-refractivity contribution >= 4 is 22.4 Å². The van der Waals surface area contributed by atoms with Gasteiger partial charge in [-0.25, -0.2) is 9.37 Å². The van der Waals surface area contributed by atoms with Crippen molar-refractivity contribution in [3.63, 3.8) is 0 Å². The number of nitrogens with zero attached hydrogens (tertiary/aromatic N) is 2. The first-order valence-corrected chi connectivity index (χ1v) is 8.73. The van der Waals surface area contributed by atoms with Crippen molar-refractivity contribution in [3.8, 4) is 11.8 Å². The summed E-state index contributed by atoms with van der Waals surface area (Å²) in [5.74, 6) is 4.71. The van der Waals surface area contributed by atoms with Gasteiger partial charge in [-0.2, -0.15) is 0 Å². The van der Waals surface area contributed by atoms with E-state index in [1.807, 2.05) is 12.3 Å². The fourth-order valence-electron chi connectivity index (χ4n) is 2.59. The Morgan fingerprint density at radius 2 is 2.04 bits per heavy atom. The van der Waals surface area contributed by atoms with Crippen molar-refractivity contribution in [1.82, 2.24) is 10.3 Å². The molecule has 1 aromatic carbocycles. The third-order valence-corrected chi connectivity index (χ3v) is 4.89. The molecule has 0 saturated carbocycles. The van der Waals surface area contributed by atoms with Crippen LogP contribution in [0.15, 0.2) is 29.6 Å². The van der Waals surface area contributed by atoms with Crippen LogP contribution in [0.5, 0.6) is 0 Å². The lowest BCUT2D eigenvalue weighted by molar-refractivity contribution is -0.116. The Balaban J connectivity index is 1.49. The normalized spacial score (nSPS) is 14.8. The molecule has 2 heterocycles. The number of hydrogen-bond donors (Lipinski definition) is 1. The smallest absolute Gasteiger partial charge is 0.296 e. The molecule has 6 heteroatoms. The fraction of sp³-hybridized carbons (Fsp3) is 0.333. The second-order valence-corrected chi connectivity index (χ2v) is 6.60. The molecule has 0 spiro atoms. The van der Waals surface area contributed by atoms with Crippen molar-refractivity contribution in [2.45, 2.75) is 25.8 Å². The van der Waals surface area contributed by atoms with E-state index >= 15 is 0 Å². The molecule has 0 unspecified atom stereocenters. The average Bonchev–Trinajstić information content (AvgIpc) is 3.01. The average molecular weight is 343 g/mol. The van der Waals surface area contributed by atoms with Crippen LogP contribution in [0.2, 0.25) is 0 Å². The molecule has 1 aromatic heterocycles. The van der Waals surface area contributed by atoms with Crippen LogP contribution in [0.25, 0.3) is 0 Å². The third-order valence-electron chi connectivity index (χ3n) is 3.87. The lowest BCUT2D eigenvalue weighted by atomic mass is 10.1. The van der Waals surface area contributed by atoms with E-state index in [4.69, 9.17) is 0 Å². The van der Waals surface area contributed by atoms with Crippen LogP contribution in [0.1, 0.15) is 24.1 Å².